The summed E-state index contributed by atoms with van der Waals surface area (Å²) < 4.78 is 10.6. The van der Waals surface area contributed by atoms with E-state index >= 15 is 0 Å². The zero-order chi connectivity index (χ0) is 24.8. The molecule has 2 aromatic carbocycles. The van der Waals surface area contributed by atoms with Crippen molar-refractivity contribution in [3.05, 3.63) is 71.8 Å². The number of amides is 1. The molecule has 2 N–H and O–H groups in total. The maximum atomic E-state index is 13.1. The van der Waals surface area contributed by atoms with Gasteiger partial charge >= 0.3 is 0 Å². The smallest absolute Gasteiger partial charge is 0.295 e. The van der Waals surface area contributed by atoms with Crippen molar-refractivity contribution in [3.63, 3.8) is 0 Å². The van der Waals surface area contributed by atoms with Crippen molar-refractivity contribution in [2.75, 3.05) is 40.9 Å². The van der Waals surface area contributed by atoms with Crippen molar-refractivity contribution in [2.45, 2.75) is 12.5 Å². The Morgan fingerprint density at radius 3 is 2.41 bits per heavy atom. The van der Waals surface area contributed by atoms with Gasteiger partial charge in [0.05, 0.1) is 24.3 Å². The number of aliphatic hydroxyl groups is 1. The molecular weight excluding hydrogens is 436 g/mol. The largest absolute Gasteiger partial charge is 0.507 e. The number of Topliss-reactive ketones (excluding diaryl/α,β-unsaturated/α-hetero) is 1. The fourth-order valence-corrected chi connectivity index (χ4v) is 3.90. The fourth-order valence-electron chi connectivity index (χ4n) is 3.90. The number of nitrogens with zero attached hydrogens (tertiary/aromatic N) is 2. The highest BCUT2D eigenvalue weighted by molar-refractivity contribution is 6.46. The molecule has 0 aliphatic carbocycles. The molecule has 180 valence electrons. The molecule has 8 heteroatoms. The van der Waals surface area contributed by atoms with Crippen LogP contribution in [0.1, 0.15) is 23.6 Å². The molecule has 0 unspecified atom stereocenters. The summed E-state index contributed by atoms with van der Waals surface area (Å²) in [5.74, 6) is -1.18. The van der Waals surface area contributed by atoms with E-state index in [1.54, 1.807) is 36.4 Å². The standard InChI is InChI=1S/C26H30N2O6/c1-5-15-34-18-9-7-17(8-10-18)23-22(24(30)20-12-11-19(33-4)16-21(20)29)25(31)26(32)28(23)14-6-13-27(2)3/h5,7-12,16,23,29-30H,1,6,13-15H2,2-4H3/t23-/m0/s1. The van der Waals surface area contributed by atoms with Gasteiger partial charge in [-0.05, 0) is 56.9 Å². The predicted octanol–water partition coefficient (Wildman–Crippen LogP) is 3.34. The van der Waals surface area contributed by atoms with Gasteiger partial charge in [0.2, 0.25) is 0 Å². The van der Waals surface area contributed by atoms with Gasteiger partial charge in [0.15, 0.2) is 0 Å². The minimum absolute atomic E-state index is 0.0445. The molecule has 8 nitrogen and oxygen atoms in total. The molecule has 1 saturated heterocycles. The number of ether oxygens (including phenoxy) is 2. The van der Waals surface area contributed by atoms with Crippen LogP contribution in [-0.2, 0) is 9.59 Å². The van der Waals surface area contributed by atoms with E-state index in [9.17, 15) is 19.8 Å². The summed E-state index contributed by atoms with van der Waals surface area (Å²) in [5.41, 5.74) is 0.614. The average molecular weight is 467 g/mol. The SMILES string of the molecule is C=CCOc1ccc([C@H]2C(=C(O)c3ccc(OC)cc3O)C(=O)C(=O)N2CCCN(C)C)cc1. The number of ketones is 1. The topological polar surface area (TPSA) is 99.5 Å². The first-order valence-electron chi connectivity index (χ1n) is 10.9. The number of phenolic OH excluding ortho intramolecular Hbond substituents is 1. The van der Waals surface area contributed by atoms with Gasteiger partial charge in [-0.15, -0.1) is 0 Å². The van der Waals surface area contributed by atoms with Crippen LogP contribution < -0.4 is 9.47 Å². The summed E-state index contributed by atoms with van der Waals surface area (Å²) in [5, 5.41) is 21.6. The molecule has 34 heavy (non-hydrogen) atoms. The lowest BCUT2D eigenvalue weighted by Gasteiger charge is -2.26. The third kappa shape index (κ3) is 5.23. The number of rotatable bonds is 10. The number of likely N-dealkylation sites (tertiary alicyclic amines) is 1. The Kier molecular flexibility index (Phi) is 7.96. The van der Waals surface area contributed by atoms with Crippen LogP contribution in [0.5, 0.6) is 17.2 Å². The number of hydrogen-bond acceptors (Lipinski definition) is 7. The number of phenols is 1. The minimum Gasteiger partial charge on any atom is -0.507 e. The summed E-state index contributed by atoms with van der Waals surface area (Å²) in [7, 11) is 5.32. The van der Waals surface area contributed by atoms with Crippen molar-refractivity contribution in [1.29, 1.82) is 0 Å². The minimum atomic E-state index is -0.808. The van der Waals surface area contributed by atoms with Crippen molar-refractivity contribution < 1.29 is 29.3 Å². The van der Waals surface area contributed by atoms with E-state index in [2.05, 4.69) is 6.58 Å². The Bertz CT molecular complexity index is 1090. The monoisotopic (exact) mass is 466 g/mol. The van der Waals surface area contributed by atoms with Gasteiger partial charge < -0.3 is 29.5 Å². The summed E-state index contributed by atoms with van der Waals surface area (Å²) in [6.07, 6.45) is 2.28. The summed E-state index contributed by atoms with van der Waals surface area (Å²) in [6, 6.07) is 10.5. The highest BCUT2D eigenvalue weighted by Gasteiger charge is 2.46. The molecule has 0 saturated carbocycles. The van der Waals surface area contributed by atoms with Gasteiger partial charge in [-0.2, -0.15) is 0 Å². The average Bonchev–Trinajstić information content (AvgIpc) is 3.07. The number of benzene rings is 2. The number of aliphatic hydroxyl groups excluding tert-OH is 1. The van der Waals surface area contributed by atoms with E-state index < -0.39 is 23.5 Å². The molecule has 2 aromatic rings. The van der Waals surface area contributed by atoms with E-state index in [1.807, 2.05) is 19.0 Å². The summed E-state index contributed by atoms with van der Waals surface area (Å²) in [6.45, 7) is 5.03. The van der Waals surface area contributed by atoms with Gasteiger partial charge in [-0.3, -0.25) is 9.59 Å². The highest BCUT2D eigenvalue weighted by Crippen LogP contribution is 2.41. The molecular formula is C26H30N2O6. The van der Waals surface area contributed by atoms with Crippen molar-refractivity contribution in [1.82, 2.24) is 9.80 Å². The Balaban J connectivity index is 2.08. The second kappa shape index (κ2) is 10.9. The fraction of sp³-hybridized carbons (Fsp3) is 0.308. The van der Waals surface area contributed by atoms with Crippen molar-refractivity contribution in [3.8, 4) is 17.2 Å². The Labute approximate surface area is 199 Å². The van der Waals surface area contributed by atoms with Crippen LogP contribution in [0.15, 0.2) is 60.7 Å². The zero-order valence-electron chi connectivity index (χ0n) is 19.7. The Morgan fingerprint density at radius 2 is 1.82 bits per heavy atom. The molecule has 1 atom stereocenters. The zero-order valence-corrected chi connectivity index (χ0v) is 19.7. The van der Waals surface area contributed by atoms with E-state index in [0.717, 1.165) is 6.54 Å². The van der Waals surface area contributed by atoms with E-state index in [-0.39, 0.29) is 16.9 Å². The lowest BCUT2D eigenvalue weighted by atomic mass is 9.95. The number of aromatic hydroxyl groups is 1. The molecule has 1 fully saturated rings. The molecule has 1 aliphatic heterocycles. The first-order valence-corrected chi connectivity index (χ1v) is 10.9. The maximum absolute atomic E-state index is 13.1. The Hall–Kier alpha value is -3.78. The second-order valence-corrected chi connectivity index (χ2v) is 8.20. The van der Waals surface area contributed by atoms with E-state index in [1.165, 1.54) is 24.1 Å². The van der Waals surface area contributed by atoms with Crippen LogP contribution in [0.2, 0.25) is 0 Å². The molecule has 1 aliphatic rings. The van der Waals surface area contributed by atoms with Crippen LogP contribution in [-0.4, -0.2) is 72.6 Å². The molecule has 1 heterocycles. The van der Waals surface area contributed by atoms with Crippen LogP contribution >= 0.6 is 0 Å². The lowest BCUT2D eigenvalue weighted by molar-refractivity contribution is -0.139. The summed E-state index contributed by atoms with van der Waals surface area (Å²) >= 11 is 0. The molecule has 0 spiro atoms. The Morgan fingerprint density at radius 1 is 1.15 bits per heavy atom. The van der Waals surface area contributed by atoms with E-state index in [4.69, 9.17) is 9.47 Å². The summed E-state index contributed by atoms with van der Waals surface area (Å²) in [4.78, 5) is 29.6. The maximum Gasteiger partial charge on any atom is 0.295 e. The predicted molar refractivity (Wildman–Crippen MR) is 129 cm³/mol. The van der Waals surface area contributed by atoms with Crippen molar-refractivity contribution in [2.24, 2.45) is 0 Å². The third-order valence-corrected chi connectivity index (χ3v) is 5.57. The number of carbonyl (C=O) groups is 2. The third-order valence-electron chi connectivity index (χ3n) is 5.57. The highest BCUT2D eigenvalue weighted by atomic mass is 16.5. The van der Waals surface area contributed by atoms with Crippen LogP contribution in [0, 0.1) is 0 Å². The van der Waals surface area contributed by atoms with Crippen LogP contribution in [0.25, 0.3) is 5.76 Å². The molecule has 1 amide bonds. The lowest BCUT2D eigenvalue weighted by Crippen LogP contribution is -2.32. The van der Waals surface area contributed by atoms with Gasteiger partial charge in [0.25, 0.3) is 11.7 Å². The number of hydrogen-bond donors (Lipinski definition) is 2. The normalized spacial score (nSPS) is 17.3. The van der Waals surface area contributed by atoms with Crippen LogP contribution in [0.3, 0.4) is 0 Å². The second-order valence-electron chi connectivity index (χ2n) is 8.20. The quantitative estimate of drug-likeness (QED) is 0.240. The van der Waals surface area contributed by atoms with Gasteiger partial charge in [0.1, 0.15) is 29.6 Å². The first kappa shape index (κ1) is 24.9. The van der Waals surface area contributed by atoms with Crippen LogP contribution in [0.4, 0.5) is 0 Å². The molecule has 0 bridgehead atoms. The van der Waals surface area contributed by atoms with Gasteiger partial charge in [-0.25, -0.2) is 0 Å². The molecule has 3 rings (SSSR count). The first-order chi connectivity index (χ1) is 16.3. The van der Waals surface area contributed by atoms with Gasteiger partial charge in [-0.1, -0.05) is 24.8 Å². The number of carbonyl (C=O) groups excluding carboxylic acids is 2. The number of methoxy groups -OCH3 is 1. The van der Waals surface area contributed by atoms with Crippen molar-refractivity contribution >= 4 is 17.4 Å². The molecule has 0 radical (unpaired) electrons. The van der Waals surface area contributed by atoms with Gasteiger partial charge in [0, 0.05) is 12.6 Å². The van der Waals surface area contributed by atoms with E-state index in [0.29, 0.717) is 36.6 Å². The molecule has 0 aromatic heterocycles.